The van der Waals surface area contributed by atoms with Crippen molar-refractivity contribution in [2.24, 2.45) is 11.1 Å². The summed E-state index contributed by atoms with van der Waals surface area (Å²) in [4.78, 5) is 0. The molecule has 1 aliphatic rings. The van der Waals surface area contributed by atoms with Gasteiger partial charge in [0.2, 0.25) is 0 Å². The van der Waals surface area contributed by atoms with E-state index in [2.05, 4.69) is 45.0 Å². The second kappa shape index (κ2) is 5.05. The molecule has 0 aromatic heterocycles. The fraction of sp³-hybridized carbons (Fsp3) is 0.647. The third-order valence-electron chi connectivity index (χ3n) is 4.63. The standard InChI is InChI=1S/C17H27N/c1-14-7-4-5-8-15(14)13-17(18)10-6-9-16(2,3)11-12-17/h4-5,7-8H,6,9-13,18H2,1-3H3. The van der Waals surface area contributed by atoms with Gasteiger partial charge in [-0.3, -0.25) is 0 Å². The number of rotatable bonds is 2. The van der Waals surface area contributed by atoms with Crippen LogP contribution in [0, 0.1) is 12.3 Å². The van der Waals surface area contributed by atoms with Crippen LogP contribution in [0.15, 0.2) is 24.3 Å². The Morgan fingerprint density at radius 2 is 1.78 bits per heavy atom. The van der Waals surface area contributed by atoms with Crippen LogP contribution in [-0.2, 0) is 6.42 Å². The Kier molecular flexibility index (Phi) is 3.82. The summed E-state index contributed by atoms with van der Waals surface area (Å²) in [5, 5.41) is 0. The Morgan fingerprint density at radius 3 is 2.50 bits per heavy atom. The van der Waals surface area contributed by atoms with Crippen molar-refractivity contribution in [3.8, 4) is 0 Å². The SMILES string of the molecule is Cc1ccccc1CC1(N)CCCC(C)(C)CC1. The van der Waals surface area contributed by atoms with Crippen molar-refractivity contribution in [3.05, 3.63) is 35.4 Å². The van der Waals surface area contributed by atoms with E-state index in [-0.39, 0.29) is 5.54 Å². The van der Waals surface area contributed by atoms with Crippen molar-refractivity contribution in [3.63, 3.8) is 0 Å². The molecule has 0 saturated heterocycles. The number of benzene rings is 1. The number of aryl methyl sites for hydroxylation is 1. The van der Waals surface area contributed by atoms with Crippen LogP contribution in [0.25, 0.3) is 0 Å². The van der Waals surface area contributed by atoms with E-state index in [0.717, 1.165) is 12.8 Å². The molecule has 0 radical (unpaired) electrons. The van der Waals surface area contributed by atoms with E-state index in [4.69, 9.17) is 5.73 Å². The van der Waals surface area contributed by atoms with Crippen LogP contribution >= 0.6 is 0 Å². The van der Waals surface area contributed by atoms with Gasteiger partial charge < -0.3 is 5.73 Å². The van der Waals surface area contributed by atoms with Gasteiger partial charge in [0.25, 0.3) is 0 Å². The highest BCUT2D eigenvalue weighted by atomic mass is 14.7. The highest BCUT2D eigenvalue weighted by Gasteiger charge is 2.32. The molecule has 1 heteroatoms. The highest BCUT2D eigenvalue weighted by molar-refractivity contribution is 5.27. The predicted octanol–water partition coefficient (Wildman–Crippen LogP) is 4.23. The molecular weight excluding hydrogens is 218 g/mol. The van der Waals surface area contributed by atoms with Gasteiger partial charge in [-0.1, -0.05) is 44.5 Å². The second-order valence-electron chi connectivity index (χ2n) is 6.98. The van der Waals surface area contributed by atoms with Crippen molar-refractivity contribution < 1.29 is 0 Å². The molecule has 18 heavy (non-hydrogen) atoms. The van der Waals surface area contributed by atoms with Crippen LogP contribution in [0.4, 0.5) is 0 Å². The topological polar surface area (TPSA) is 26.0 Å². The van der Waals surface area contributed by atoms with Gasteiger partial charge in [-0.15, -0.1) is 0 Å². The van der Waals surface area contributed by atoms with E-state index in [1.54, 1.807) is 0 Å². The zero-order valence-electron chi connectivity index (χ0n) is 12.1. The molecular formula is C17H27N. The third kappa shape index (κ3) is 3.35. The zero-order chi connectivity index (χ0) is 13.2. The molecule has 0 spiro atoms. The van der Waals surface area contributed by atoms with Gasteiger partial charge in [0, 0.05) is 5.54 Å². The van der Waals surface area contributed by atoms with Crippen LogP contribution in [0.2, 0.25) is 0 Å². The summed E-state index contributed by atoms with van der Waals surface area (Å²) >= 11 is 0. The summed E-state index contributed by atoms with van der Waals surface area (Å²) in [6, 6.07) is 8.67. The number of hydrogen-bond acceptors (Lipinski definition) is 1. The van der Waals surface area contributed by atoms with Gasteiger partial charge in [0.15, 0.2) is 0 Å². The first-order valence-electron chi connectivity index (χ1n) is 7.24. The van der Waals surface area contributed by atoms with Crippen molar-refractivity contribution in [1.29, 1.82) is 0 Å². The lowest BCUT2D eigenvalue weighted by Gasteiger charge is -2.30. The van der Waals surface area contributed by atoms with Crippen molar-refractivity contribution in [2.75, 3.05) is 0 Å². The fourth-order valence-electron chi connectivity index (χ4n) is 3.12. The molecule has 2 N–H and O–H groups in total. The molecule has 1 nitrogen and oxygen atoms in total. The molecule has 1 atom stereocenters. The first kappa shape index (κ1) is 13.6. The lowest BCUT2D eigenvalue weighted by Crippen LogP contribution is -2.41. The molecule has 2 rings (SSSR count). The first-order chi connectivity index (χ1) is 8.40. The minimum Gasteiger partial charge on any atom is -0.325 e. The molecule has 0 amide bonds. The van der Waals surface area contributed by atoms with Crippen molar-refractivity contribution >= 4 is 0 Å². The van der Waals surface area contributed by atoms with Crippen LogP contribution in [0.1, 0.15) is 57.1 Å². The molecule has 0 heterocycles. The predicted molar refractivity (Wildman–Crippen MR) is 78.7 cm³/mol. The van der Waals surface area contributed by atoms with Gasteiger partial charge in [-0.2, -0.15) is 0 Å². The van der Waals surface area contributed by atoms with Crippen LogP contribution in [0.5, 0.6) is 0 Å². The highest BCUT2D eigenvalue weighted by Crippen LogP contribution is 2.38. The Labute approximate surface area is 112 Å². The summed E-state index contributed by atoms with van der Waals surface area (Å²) < 4.78 is 0. The smallest absolute Gasteiger partial charge is 0.0195 e. The summed E-state index contributed by atoms with van der Waals surface area (Å²) in [5.74, 6) is 0. The summed E-state index contributed by atoms with van der Waals surface area (Å²) in [7, 11) is 0. The summed E-state index contributed by atoms with van der Waals surface area (Å²) in [5.41, 5.74) is 9.98. The van der Waals surface area contributed by atoms with Crippen LogP contribution in [0.3, 0.4) is 0 Å². The average molecular weight is 245 g/mol. The maximum atomic E-state index is 6.68. The van der Waals surface area contributed by atoms with Crippen LogP contribution < -0.4 is 5.73 Å². The van der Waals surface area contributed by atoms with Gasteiger partial charge in [0.05, 0.1) is 0 Å². The van der Waals surface area contributed by atoms with E-state index >= 15 is 0 Å². The molecule has 0 aliphatic heterocycles. The van der Waals surface area contributed by atoms with E-state index in [1.165, 1.54) is 36.8 Å². The maximum absolute atomic E-state index is 6.68. The van der Waals surface area contributed by atoms with E-state index < -0.39 is 0 Å². The summed E-state index contributed by atoms with van der Waals surface area (Å²) in [6.07, 6.45) is 7.22. The maximum Gasteiger partial charge on any atom is 0.0195 e. The van der Waals surface area contributed by atoms with Crippen molar-refractivity contribution in [2.45, 2.75) is 64.8 Å². The molecule has 100 valence electrons. The Bertz CT molecular complexity index is 408. The lowest BCUT2D eigenvalue weighted by molar-refractivity contribution is 0.297. The summed E-state index contributed by atoms with van der Waals surface area (Å²) in [6.45, 7) is 6.96. The minimum atomic E-state index is 0.0138. The third-order valence-corrected chi connectivity index (χ3v) is 4.63. The molecule has 1 aromatic rings. The Hall–Kier alpha value is -0.820. The van der Waals surface area contributed by atoms with E-state index in [1.807, 2.05) is 0 Å². The minimum absolute atomic E-state index is 0.0138. The van der Waals surface area contributed by atoms with Gasteiger partial charge in [-0.05, 0) is 55.6 Å². The first-order valence-corrected chi connectivity index (χ1v) is 7.24. The molecule has 0 bridgehead atoms. The normalized spacial score (nSPS) is 27.8. The molecule has 1 unspecified atom stereocenters. The van der Waals surface area contributed by atoms with E-state index in [0.29, 0.717) is 5.41 Å². The van der Waals surface area contributed by atoms with Crippen LogP contribution in [-0.4, -0.2) is 5.54 Å². The average Bonchev–Trinajstić information content (AvgIpc) is 2.42. The Morgan fingerprint density at radius 1 is 1.06 bits per heavy atom. The zero-order valence-corrected chi connectivity index (χ0v) is 12.1. The number of nitrogens with two attached hydrogens (primary N) is 1. The Balaban J connectivity index is 2.10. The van der Waals surface area contributed by atoms with Crippen molar-refractivity contribution in [1.82, 2.24) is 0 Å². The molecule has 1 aromatic carbocycles. The van der Waals surface area contributed by atoms with E-state index in [9.17, 15) is 0 Å². The molecule has 1 aliphatic carbocycles. The number of hydrogen-bond donors (Lipinski definition) is 1. The molecule has 1 fully saturated rings. The lowest BCUT2D eigenvalue weighted by atomic mass is 9.81. The largest absolute Gasteiger partial charge is 0.325 e. The molecule has 1 saturated carbocycles. The second-order valence-corrected chi connectivity index (χ2v) is 6.98. The quantitative estimate of drug-likeness (QED) is 0.775. The van der Waals surface area contributed by atoms with Gasteiger partial charge in [0.1, 0.15) is 0 Å². The monoisotopic (exact) mass is 245 g/mol. The van der Waals surface area contributed by atoms with Gasteiger partial charge in [-0.25, -0.2) is 0 Å². The van der Waals surface area contributed by atoms with Gasteiger partial charge >= 0.3 is 0 Å². The fourth-order valence-corrected chi connectivity index (χ4v) is 3.12.